The Labute approximate surface area is 480 Å². The fourth-order valence-electron chi connectivity index (χ4n) is 11.2. The third-order valence-electron chi connectivity index (χ3n) is 14.9. The van der Waals surface area contributed by atoms with E-state index in [1.807, 2.05) is 55.4 Å². The van der Waals surface area contributed by atoms with Gasteiger partial charge in [-0.25, -0.2) is 18.0 Å². The van der Waals surface area contributed by atoms with Crippen molar-refractivity contribution in [2.75, 3.05) is 48.3 Å². The molecule has 0 aromatic heterocycles. The molecule has 3 N–H and O–H groups in total. The van der Waals surface area contributed by atoms with Crippen molar-refractivity contribution in [1.29, 1.82) is 0 Å². The molecule has 0 aliphatic carbocycles. The molecule has 2 heterocycles. The molecular formula is C65H69ClN6O6S2. The minimum Gasteiger partial charge on any atom is -0.465 e. The summed E-state index contributed by atoms with van der Waals surface area (Å²) in [4.78, 5) is 36.9. The number of para-hydroxylation sites is 3. The molecule has 2 aliphatic heterocycles. The maximum atomic E-state index is 13.3. The number of fused-ring (bicyclic) bond motifs is 1. The van der Waals surface area contributed by atoms with Gasteiger partial charge in [-0.1, -0.05) is 151 Å². The summed E-state index contributed by atoms with van der Waals surface area (Å²) in [6.45, 7) is 3.59. The first-order valence-corrected chi connectivity index (χ1v) is 30.0. The molecule has 15 heteroatoms. The monoisotopic (exact) mass is 1130 g/mol. The number of carbonyl (C=O) groups is 2. The second-order valence-corrected chi connectivity index (χ2v) is 23.8. The normalized spacial score (nSPS) is 16.4. The van der Waals surface area contributed by atoms with Gasteiger partial charge < -0.3 is 29.8 Å². The first-order valence-electron chi connectivity index (χ1n) is 27.3. The van der Waals surface area contributed by atoms with Crippen LogP contribution in [-0.2, 0) is 23.1 Å². The Morgan fingerprint density at radius 1 is 0.650 bits per heavy atom. The second kappa shape index (κ2) is 27.1. The number of carboxylic acid groups (broad SMARTS) is 2. The summed E-state index contributed by atoms with van der Waals surface area (Å²) >= 11 is 7.91. The largest absolute Gasteiger partial charge is 0.465 e. The molecule has 80 heavy (non-hydrogen) atoms. The average Bonchev–Trinajstić information content (AvgIpc) is 3.50. The van der Waals surface area contributed by atoms with Crippen molar-refractivity contribution in [3.63, 3.8) is 0 Å². The zero-order valence-electron chi connectivity index (χ0n) is 45.2. The molecule has 414 valence electrons. The molecular weight excluding hydrogens is 1060 g/mol. The minimum absolute atomic E-state index is 0.0705. The van der Waals surface area contributed by atoms with Gasteiger partial charge in [-0.2, -0.15) is 0 Å². The average molecular weight is 1130 g/mol. The lowest BCUT2D eigenvalue weighted by Crippen LogP contribution is -2.51. The number of anilines is 4. The third kappa shape index (κ3) is 14.5. The highest BCUT2D eigenvalue weighted by Crippen LogP contribution is 2.44. The van der Waals surface area contributed by atoms with Gasteiger partial charge in [0.1, 0.15) is 0 Å². The summed E-state index contributed by atoms with van der Waals surface area (Å²) in [6, 6.07) is 65.6. The van der Waals surface area contributed by atoms with E-state index in [1.54, 1.807) is 59.1 Å². The van der Waals surface area contributed by atoms with Crippen molar-refractivity contribution in [3.05, 3.63) is 222 Å². The highest BCUT2D eigenvalue weighted by Gasteiger charge is 2.36. The Bertz CT molecular complexity index is 3380. The van der Waals surface area contributed by atoms with Crippen molar-refractivity contribution < 1.29 is 28.2 Å². The molecule has 3 atom stereocenters. The van der Waals surface area contributed by atoms with Crippen LogP contribution >= 0.6 is 23.4 Å². The summed E-state index contributed by atoms with van der Waals surface area (Å²) < 4.78 is 29.3. The van der Waals surface area contributed by atoms with Gasteiger partial charge in [0.05, 0.1) is 16.6 Å². The molecule has 2 unspecified atom stereocenters. The van der Waals surface area contributed by atoms with Gasteiger partial charge in [0.15, 0.2) is 0 Å². The first-order chi connectivity index (χ1) is 38.8. The van der Waals surface area contributed by atoms with E-state index >= 15 is 0 Å². The predicted octanol–water partition coefficient (Wildman–Crippen LogP) is 15.5. The van der Waals surface area contributed by atoms with Crippen LogP contribution in [0.2, 0.25) is 5.02 Å². The summed E-state index contributed by atoms with van der Waals surface area (Å²) in [5.74, 6) is 0. The summed E-state index contributed by atoms with van der Waals surface area (Å²) in [5, 5.41) is 22.1. The zero-order valence-corrected chi connectivity index (χ0v) is 47.6. The van der Waals surface area contributed by atoms with Crippen molar-refractivity contribution >= 4 is 79.1 Å². The van der Waals surface area contributed by atoms with Crippen molar-refractivity contribution in [1.82, 2.24) is 14.7 Å². The number of amides is 2. The molecule has 0 spiro atoms. The fourth-order valence-corrected chi connectivity index (χ4v) is 13.6. The summed E-state index contributed by atoms with van der Waals surface area (Å²) in [5.41, 5.74) is 6.99. The number of sulfonamides is 1. The maximum absolute atomic E-state index is 13.3. The molecule has 0 saturated carbocycles. The van der Waals surface area contributed by atoms with Crippen LogP contribution in [0.3, 0.4) is 0 Å². The fraction of sp³-hybridized carbons (Fsp3) is 0.262. The topological polar surface area (TPSA) is 137 Å². The minimum atomic E-state index is -3.86. The molecule has 2 fully saturated rings. The van der Waals surface area contributed by atoms with Gasteiger partial charge in [0.2, 0.25) is 0 Å². The predicted molar refractivity (Wildman–Crippen MR) is 325 cm³/mol. The number of nitrogens with zero attached hydrogens (tertiary/aromatic N) is 5. The number of hydrogen-bond acceptors (Lipinski definition) is 8. The van der Waals surface area contributed by atoms with Crippen LogP contribution in [0.15, 0.2) is 215 Å². The van der Waals surface area contributed by atoms with Crippen LogP contribution < -0.4 is 14.5 Å². The molecule has 0 bridgehead atoms. The molecule has 12 nitrogen and oxygen atoms in total. The number of halogens is 1. The third-order valence-corrected chi connectivity index (χ3v) is 17.7. The van der Waals surface area contributed by atoms with Crippen LogP contribution in [0.1, 0.15) is 67.7 Å². The Hall–Kier alpha value is -7.49. The standard InChI is InChI=1S/C41H42ClN3O2S.C24H27N3O4S/c42-34-22-24-38(25-23-34)48-40-21-11-10-20-39(40)45(35-17-8-3-9-18-35)37-26-28-44(41(46)47)36(29-37)19-12-27-43(30-32-13-4-1-5-14-32)31-33-15-6-2-7-16-33;1-26(2)21-13-8-11-19-22(32(30,31)25-17-9-4-3-5-10-17)15-14-18(23(19)21)20-12-6-7-16-27(20)24(28)29/h1-11,13-18,20-25,36-37H,12,19,26-31H2,(H,46,47);3-5,8-11,13-15,20,25H,6-7,12,16H2,1-2H3,(H,28,29)/t;20-/m.0/s1. The van der Waals surface area contributed by atoms with E-state index in [1.165, 1.54) is 16.0 Å². The van der Waals surface area contributed by atoms with Crippen LogP contribution in [0.5, 0.6) is 0 Å². The molecule has 10 rings (SSSR count). The van der Waals surface area contributed by atoms with Crippen LogP contribution in [0, 0.1) is 0 Å². The van der Waals surface area contributed by atoms with Crippen LogP contribution in [0.4, 0.5) is 32.3 Å². The quantitative estimate of drug-likeness (QED) is 0.0762. The summed E-state index contributed by atoms with van der Waals surface area (Å²) in [6.07, 6.45) is 3.93. The molecule has 8 aromatic carbocycles. The lowest BCUT2D eigenvalue weighted by molar-refractivity contribution is 0.0950. The second-order valence-electron chi connectivity index (χ2n) is 20.6. The van der Waals surface area contributed by atoms with E-state index in [-0.39, 0.29) is 23.0 Å². The Kier molecular flexibility index (Phi) is 19.4. The van der Waals surface area contributed by atoms with Gasteiger partial charge in [-0.05, 0) is 141 Å². The number of rotatable bonds is 18. The number of benzene rings is 8. The van der Waals surface area contributed by atoms with Crippen molar-refractivity contribution in [2.45, 2.75) is 90.8 Å². The highest BCUT2D eigenvalue weighted by atomic mass is 35.5. The van der Waals surface area contributed by atoms with Crippen LogP contribution in [0.25, 0.3) is 10.8 Å². The maximum Gasteiger partial charge on any atom is 0.407 e. The van der Waals surface area contributed by atoms with E-state index in [2.05, 4.69) is 136 Å². The van der Waals surface area contributed by atoms with Gasteiger partial charge in [0.25, 0.3) is 10.0 Å². The lowest BCUT2D eigenvalue weighted by atomic mass is 9.90. The van der Waals surface area contributed by atoms with Crippen molar-refractivity contribution in [3.8, 4) is 0 Å². The zero-order chi connectivity index (χ0) is 56.0. The van der Waals surface area contributed by atoms with Gasteiger partial charge in [-0.15, -0.1) is 0 Å². The van der Waals surface area contributed by atoms with Gasteiger partial charge in [-0.3, -0.25) is 9.62 Å². The SMILES string of the molecule is CN(C)c1cccc2c(S(=O)(=O)Nc3ccccc3)ccc([C@@H]3CCCCN3C(=O)O)c12.O=C(O)N1CCC(N(c2ccccc2)c2ccccc2Sc2ccc(Cl)cc2)CC1CCCN(Cc1ccccc1)Cc1ccccc1. The molecule has 0 radical (unpaired) electrons. The molecule has 8 aromatic rings. The number of hydrogen-bond donors (Lipinski definition) is 3. The Morgan fingerprint density at radius 2 is 1.25 bits per heavy atom. The smallest absolute Gasteiger partial charge is 0.407 e. The Morgan fingerprint density at radius 3 is 1.89 bits per heavy atom. The van der Waals surface area contributed by atoms with E-state index in [4.69, 9.17) is 11.6 Å². The number of nitrogens with one attached hydrogen (secondary N) is 1. The highest BCUT2D eigenvalue weighted by molar-refractivity contribution is 7.99. The van der Waals surface area contributed by atoms with Crippen LogP contribution in [-0.4, -0.2) is 91.3 Å². The number of piperidine rings is 2. The number of likely N-dealkylation sites (tertiary alicyclic amines) is 2. The first kappa shape index (κ1) is 57.2. The van der Waals surface area contributed by atoms with E-state index in [0.29, 0.717) is 30.6 Å². The van der Waals surface area contributed by atoms with E-state index in [0.717, 1.165) is 101 Å². The Balaban J connectivity index is 0.000000210. The van der Waals surface area contributed by atoms with E-state index in [9.17, 15) is 28.2 Å². The lowest BCUT2D eigenvalue weighted by Gasteiger charge is -2.44. The van der Waals surface area contributed by atoms with Crippen molar-refractivity contribution in [2.24, 2.45) is 0 Å². The van der Waals surface area contributed by atoms with Gasteiger partial charge >= 0.3 is 12.2 Å². The molecule has 2 aliphatic rings. The molecule has 2 amide bonds. The van der Waals surface area contributed by atoms with E-state index < -0.39 is 22.2 Å². The van der Waals surface area contributed by atoms with Gasteiger partial charge in [0, 0.05) is 95.0 Å². The summed E-state index contributed by atoms with van der Waals surface area (Å²) in [7, 11) is -0.0570. The molecule has 2 saturated heterocycles.